The lowest BCUT2D eigenvalue weighted by Gasteiger charge is -2.18. The van der Waals surface area contributed by atoms with Crippen molar-refractivity contribution in [1.29, 1.82) is 0 Å². The quantitative estimate of drug-likeness (QED) is 0.894. The van der Waals surface area contributed by atoms with Crippen LogP contribution in [0.2, 0.25) is 0 Å². The van der Waals surface area contributed by atoms with E-state index < -0.39 is 0 Å². The van der Waals surface area contributed by atoms with Crippen LogP contribution in [0.4, 0.5) is 5.82 Å². The summed E-state index contributed by atoms with van der Waals surface area (Å²) >= 11 is 0. The molecule has 0 radical (unpaired) electrons. The molecule has 2 heterocycles. The first-order valence-corrected chi connectivity index (χ1v) is 7.57. The SMILES string of the molecule is CC(C)(C)n1ccc(CN)n1.CNc1ccn(C(C)(C)C)n1. The predicted octanol–water partition coefficient (Wildman–Crippen LogP) is 2.78. The summed E-state index contributed by atoms with van der Waals surface area (Å²) in [6.45, 7) is 13.2. The number of nitrogens with two attached hydrogens (primary N) is 1. The standard InChI is InChI=1S/2C8H15N3/c1-8(2,3)11-6-5-7(9-4)10-11;1-8(2,3)11-5-4-7(6-9)10-11/h5-6H,1-4H3,(H,9,10);4-5H,6,9H2,1-3H3. The fraction of sp³-hybridized carbons (Fsp3) is 0.625. The number of rotatable bonds is 2. The van der Waals surface area contributed by atoms with Crippen molar-refractivity contribution < 1.29 is 0 Å². The van der Waals surface area contributed by atoms with Crippen molar-refractivity contribution in [2.24, 2.45) is 5.73 Å². The summed E-state index contributed by atoms with van der Waals surface area (Å²) in [5.74, 6) is 0.917. The molecule has 0 amide bonds. The Kier molecular flexibility index (Phi) is 5.77. The van der Waals surface area contributed by atoms with E-state index in [-0.39, 0.29) is 11.1 Å². The summed E-state index contributed by atoms with van der Waals surface area (Å²) in [5.41, 5.74) is 6.52. The van der Waals surface area contributed by atoms with E-state index in [1.807, 2.05) is 40.9 Å². The molecule has 0 aliphatic carbocycles. The minimum atomic E-state index is 0.0629. The highest BCUT2D eigenvalue weighted by atomic mass is 15.3. The van der Waals surface area contributed by atoms with Gasteiger partial charge in [0, 0.05) is 32.1 Å². The van der Waals surface area contributed by atoms with Gasteiger partial charge in [0.2, 0.25) is 0 Å². The molecule has 0 saturated heterocycles. The summed E-state index contributed by atoms with van der Waals surface area (Å²) in [4.78, 5) is 0. The topological polar surface area (TPSA) is 73.7 Å². The molecular formula is C16H30N6. The fourth-order valence-electron chi connectivity index (χ4n) is 1.68. The average molecular weight is 306 g/mol. The lowest BCUT2D eigenvalue weighted by Crippen LogP contribution is -2.22. The first-order chi connectivity index (χ1) is 10.1. The molecule has 2 aromatic rings. The van der Waals surface area contributed by atoms with Crippen LogP contribution < -0.4 is 11.1 Å². The molecule has 2 aromatic heterocycles. The molecule has 6 nitrogen and oxygen atoms in total. The monoisotopic (exact) mass is 306 g/mol. The normalized spacial score (nSPS) is 11.8. The van der Waals surface area contributed by atoms with Crippen LogP contribution >= 0.6 is 0 Å². The third-order valence-corrected chi connectivity index (χ3v) is 3.07. The Hall–Kier alpha value is -1.82. The van der Waals surface area contributed by atoms with Gasteiger partial charge in [0.15, 0.2) is 0 Å². The maximum atomic E-state index is 5.43. The van der Waals surface area contributed by atoms with Crippen LogP contribution in [0.1, 0.15) is 47.2 Å². The van der Waals surface area contributed by atoms with Gasteiger partial charge in [-0.3, -0.25) is 9.36 Å². The molecule has 6 heteroatoms. The fourth-order valence-corrected chi connectivity index (χ4v) is 1.68. The van der Waals surface area contributed by atoms with Crippen molar-refractivity contribution >= 4 is 5.82 Å². The molecule has 22 heavy (non-hydrogen) atoms. The number of anilines is 1. The van der Waals surface area contributed by atoms with Crippen LogP contribution in [-0.4, -0.2) is 26.6 Å². The number of nitrogens with one attached hydrogen (secondary N) is 1. The Morgan fingerprint density at radius 2 is 1.45 bits per heavy atom. The maximum absolute atomic E-state index is 5.43. The summed E-state index contributed by atoms with van der Waals surface area (Å²) in [5, 5.41) is 11.6. The molecule has 0 saturated carbocycles. The lowest BCUT2D eigenvalue weighted by molar-refractivity contribution is 0.353. The van der Waals surface area contributed by atoms with E-state index in [9.17, 15) is 0 Å². The summed E-state index contributed by atoms with van der Waals surface area (Å²) in [6, 6.07) is 3.91. The third-order valence-electron chi connectivity index (χ3n) is 3.07. The van der Waals surface area contributed by atoms with E-state index in [1.54, 1.807) is 0 Å². The Bertz CT molecular complexity index is 516. The second-order valence-corrected chi connectivity index (χ2v) is 7.19. The average Bonchev–Trinajstić information content (AvgIpc) is 3.07. The number of hydrogen-bond donors (Lipinski definition) is 2. The van der Waals surface area contributed by atoms with Crippen LogP contribution in [-0.2, 0) is 17.6 Å². The van der Waals surface area contributed by atoms with Gasteiger partial charge in [-0.15, -0.1) is 0 Å². The molecule has 0 fully saturated rings. The molecule has 0 atom stereocenters. The van der Waals surface area contributed by atoms with Gasteiger partial charge in [0.1, 0.15) is 5.82 Å². The minimum Gasteiger partial charge on any atom is -0.372 e. The van der Waals surface area contributed by atoms with Crippen LogP contribution in [0.25, 0.3) is 0 Å². The highest BCUT2D eigenvalue weighted by Gasteiger charge is 2.13. The zero-order valence-electron chi connectivity index (χ0n) is 14.9. The molecule has 3 N–H and O–H groups in total. The van der Waals surface area contributed by atoms with E-state index in [0.717, 1.165) is 11.5 Å². The Morgan fingerprint density at radius 3 is 1.73 bits per heavy atom. The molecule has 0 aliphatic rings. The van der Waals surface area contributed by atoms with Crippen LogP contribution in [0, 0.1) is 0 Å². The lowest BCUT2D eigenvalue weighted by atomic mass is 10.1. The molecule has 0 spiro atoms. The van der Waals surface area contributed by atoms with Crippen molar-refractivity contribution in [3.05, 3.63) is 30.2 Å². The van der Waals surface area contributed by atoms with Crippen LogP contribution in [0.3, 0.4) is 0 Å². The van der Waals surface area contributed by atoms with Gasteiger partial charge in [-0.05, 0) is 47.6 Å². The van der Waals surface area contributed by atoms with Crippen molar-refractivity contribution in [2.75, 3.05) is 12.4 Å². The van der Waals surface area contributed by atoms with Gasteiger partial charge in [0.05, 0.1) is 16.8 Å². The van der Waals surface area contributed by atoms with Crippen molar-refractivity contribution in [3.8, 4) is 0 Å². The zero-order chi connectivity index (χ0) is 17.0. The van der Waals surface area contributed by atoms with Gasteiger partial charge in [-0.2, -0.15) is 10.2 Å². The van der Waals surface area contributed by atoms with Gasteiger partial charge < -0.3 is 11.1 Å². The molecule has 0 unspecified atom stereocenters. The largest absolute Gasteiger partial charge is 0.372 e. The van der Waals surface area contributed by atoms with E-state index in [4.69, 9.17) is 5.73 Å². The van der Waals surface area contributed by atoms with Gasteiger partial charge in [-0.25, -0.2) is 0 Å². The second kappa shape index (κ2) is 6.96. The molecule has 0 aromatic carbocycles. The number of hydrogen-bond acceptors (Lipinski definition) is 4. The Labute approximate surface area is 133 Å². The first-order valence-electron chi connectivity index (χ1n) is 7.57. The summed E-state index contributed by atoms with van der Waals surface area (Å²) < 4.78 is 3.87. The van der Waals surface area contributed by atoms with Gasteiger partial charge in [-0.1, -0.05) is 0 Å². The Balaban J connectivity index is 0.000000220. The molecule has 124 valence electrons. The molecule has 2 rings (SSSR count). The smallest absolute Gasteiger partial charge is 0.147 e. The van der Waals surface area contributed by atoms with Crippen LogP contribution in [0.15, 0.2) is 24.5 Å². The number of nitrogens with zero attached hydrogens (tertiary/aromatic N) is 4. The van der Waals surface area contributed by atoms with Crippen molar-refractivity contribution in [3.63, 3.8) is 0 Å². The highest BCUT2D eigenvalue weighted by Crippen LogP contribution is 2.14. The highest BCUT2D eigenvalue weighted by molar-refractivity contribution is 5.30. The van der Waals surface area contributed by atoms with Crippen molar-refractivity contribution in [1.82, 2.24) is 19.6 Å². The molecular weight excluding hydrogens is 276 g/mol. The Morgan fingerprint density at radius 1 is 0.955 bits per heavy atom. The molecule has 0 bridgehead atoms. The van der Waals surface area contributed by atoms with E-state index in [2.05, 4.69) is 57.1 Å². The van der Waals surface area contributed by atoms with Gasteiger partial charge >= 0.3 is 0 Å². The van der Waals surface area contributed by atoms with E-state index in [0.29, 0.717) is 6.54 Å². The number of aromatic nitrogens is 4. The van der Waals surface area contributed by atoms with E-state index >= 15 is 0 Å². The molecule has 0 aliphatic heterocycles. The first kappa shape index (κ1) is 18.2. The summed E-state index contributed by atoms with van der Waals surface area (Å²) in [7, 11) is 1.87. The van der Waals surface area contributed by atoms with Gasteiger partial charge in [0.25, 0.3) is 0 Å². The third kappa shape index (κ3) is 5.18. The second-order valence-electron chi connectivity index (χ2n) is 7.19. The maximum Gasteiger partial charge on any atom is 0.147 e. The predicted molar refractivity (Wildman–Crippen MR) is 91.9 cm³/mol. The van der Waals surface area contributed by atoms with E-state index in [1.165, 1.54) is 0 Å². The minimum absolute atomic E-state index is 0.0629. The zero-order valence-corrected chi connectivity index (χ0v) is 14.9. The van der Waals surface area contributed by atoms with Crippen molar-refractivity contribution in [2.45, 2.75) is 59.2 Å². The van der Waals surface area contributed by atoms with Crippen LogP contribution in [0.5, 0.6) is 0 Å². The summed E-state index contributed by atoms with van der Waals surface area (Å²) in [6.07, 6.45) is 3.94.